The van der Waals surface area contributed by atoms with Crippen LogP contribution < -0.4 is 5.32 Å². The average Bonchev–Trinajstić information content (AvgIpc) is 3.01. The normalized spacial score (nSPS) is 24.5. The quantitative estimate of drug-likeness (QED) is 0.906. The van der Waals surface area contributed by atoms with Gasteiger partial charge in [-0.15, -0.1) is 0 Å². The van der Waals surface area contributed by atoms with Crippen LogP contribution in [0.15, 0.2) is 16.8 Å². The number of amides is 2. The molecular weight excluding hydrogens is 272 g/mol. The van der Waals surface area contributed by atoms with E-state index in [1.54, 1.807) is 11.3 Å². The molecule has 2 amide bonds. The summed E-state index contributed by atoms with van der Waals surface area (Å²) in [6.07, 6.45) is 3.24. The Labute approximate surface area is 123 Å². The van der Waals surface area contributed by atoms with Gasteiger partial charge >= 0.3 is 0 Å². The number of nitrogens with zero attached hydrogens (tertiary/aromatic N) is 1. The zero-order valence-electron chi connectivity index (χ0n) is 11.5. The molecule has 2 fully saturated rings. The molecule has 1 N–H and O–H groups in total. The van der Waals surface area contributed by atoms with Crippen molar-refractivity contribution in [3.05, 3.63) is 22.4 Å². The summed E-state index contributed by atoms with van der Waals surface area (Å²) in [7, 11) is 0. The monoisotopic (exact) mass is 292 g/mol. The maximum absolute atomic E-state index is 12.4. The first-order valence-electron chi connectivity index (χ1n) is 7.31. The second-order valence-electron chi connectivity index (χ2n) is 5.70. The Balaban J connectivity index is 1.55. The molecule has 2 aliphatic heterocycles. The van der Waals surface area contributed by atoms with Crippen molar-refractivity contribution in [2.45, 2.75) is 31.6 Å². The molecule has 3 rings (SSSR count). The van der Waals surface area contributed by atoms with Crippen LogP contribution in [-0.2, 0) is 9.59 Å². The molecule has 0 aromatic carbocycles. The summed E-state index contributed by atoms with van der Waals surface area (Å²) in [6.45, 7) is 2.30. The lowest BCUT2D eigenvalue weighted by atomic mass is 9.89. The summed E-state index contributed by atoms with van der Waals surface area (Å²) < 4.78 is 0. The van der Waals surface area contributed by atoms with Crippen molar-refractivity contribution in [1.82, 2.24) is 10.2 Å². The fraction of sp³-hybridized carbons (Fsp3) is 0.600. The molecule has 5 heteroatoms. The minimum absolute atomic E-state index is 0.0164. The summed E-state index contributed by atoms with van der Waals surface area (Å²) >= 11 is 1.74. The SMILES string of the molecule is O=C1CC(C(=O)N2CCC(c3ccsc3)CC2)CCN1. The first-order valence-corrected chi connectivity index (χ1v) is 8.26. The first kappa shape index (κ1) is 13.6. The van der Waals surface area contributed by atoms with E-state index in [1.165, 1.54) is 5.56 Å². The fourth-order valence-corrected chi connectivity index (χ4v) is 3.94. The number of carbonyl (C=O) groups is 2. The topological polar surface area (TPSA) is 49.4 Å². The van der Waals surface area contributed by atoms with Crippen LogP contribution in [0.3, 0.4) is 0 Å². The Bertz CT molecular complexity index is 478. The predicted octanol–water partition coefficient (Wildman–Crippen LogP) is 1.98. The molecule has 1 aromatic heterocycles. The molecule has 0 bridgehead atoms. The van der Waals surface area contributed by atoms with E-state index >= 15 is 0 Å². The third kappa shape index (κ3) is 2.87. The van der Waals surface area contributed by atoms with Crippen molar-refractivity contribution in [3.8, 4) is 0 Å². The Morgan fingerprint density at radius 1 is 1.30 bits per heavy atom. The Morgan fingerprint density at radius 3 is 2.75 bits per heavy atom. The molecular formula is C15H20N2O2S. The molecule has 0 saturated carbocycles. The Kier molecular flexibility index (Phi) is 4.05. The van der Waals surface area contributed by atoms with Gasteiger partial charge in [-0.05, 0) is 47.6 Å². The van der Waals surface area contributed by atoms with E-state index in [0.717, 1.165) is 32.4 Å². The number of piperidine rings is 2. The average molecular weight is 292 g/mol. The van der Waals surface area contributed by atoms with Crippen LogP contribution in [0.25, 0.3) is 0 Å². The molecule has 1 unspecified atom stereocenters. The van der Waals surface area contributed by atoms with Gasteiger partial charge in [-0.1, -0.05) is 0 Å². The van der Waals surface area contributed by atoms with E-state index in [1.807, 2.05) is 4.90 Å². The smallest absolute Gasteiger partial charge is 0.226 e. The van der Waals surface area contributed by atoms with Gasteiger partial charge in [0.15, 0.2) is 0 Å². The number of nitrogens with one attached hydrogen (secondary N) is 1. The number of likely N-dealkylation sites (tertiary alicyclic amines) is 1. The maximum Gasteiger partial charge on any atom is 0.226 e. The van der Waals surface area contributed by atoms with Gasteiger partial charge in [0.1, 0.15) is 0 Å². The van der Waals surface area contributed by atoms with E-state index in [4.69, 9.17) is 0 Å². The number of carbonyl (C=O) groups excluding carboxylic acids is 2. The molecule has 4 nitrogen and oxygen atoms in total. The fourth-order valence-electron chi connectivity index (χ4n) is 3.19. The van der Waals surface area contributed by atoms with Gasteiger partial charge in [-0.2, -0.15) is 11.3 Å². The van der Waals surface area contributed by atoms with Crippen LogP contribution in [0.1, 0.15) is 37.2 Å². The van der Waals surface area contributed by atoms with Crippen LogP contribution >= 0.6 is 11.3 Å². The third-order valence-corrected chi connectivity index (χ3v) is 5.12. The maximum atomic E-state index is 12.4. The van der Waals surface area contributed by atoms with Crippen molar-refractivity contribution in [1.29, 1.82) is 0 Å². The van der Waals surface area contributed by atoms with Crippen LogP contribution in [0.4, 0.5) is 0 Å². The van der Waals surface area contributed by atoms with Crippen molar-refractivity contribution >= 4 is 23.2 Å². The third-order valence-electron chi connectivity index (χ3n) is 4.42. The molecule has 0 radical (unpaired) electrons. The lowest BCUT2D eigenvalue weighted by Gasteiger charge is -2.35. The number of hydrogen-bond donors (Lipinski definition) is 1. The summed E-state index contributed by atoms with van der Waals surface area (Å²) in [4.78, 5) is 25.8. The van der Waals surface area contributed by atoms with Crippen LogP contribution in [0.5, 0.6) is 0 Å². The van der Waals surface area contributed by atoms with Gasteiger partial charge in [-0.3, -0.25) is 9.59 Å². The highest BCUT2D eigenvalue weighted by Crippen LogP contribution is 2.30. The van der Waals surface area contributed by atoms with Crippen molar-refractivity contribution in [3.63, 3.8) is 0 Å². The van der Waals surface area contributed by atoms with Gasteiger partial charge in [0.05, 0.1) is 0 Å². The minimum atomic E-state index is -0.0959. The first-order chi connectivity index (χ1) is 9.74. The van der Waals surface area contributed by atoms with E-state index in [2.05, 4.69) is 22.1 Å². The number of thiophene rings is 1. The molecule has 2 aliphatic rings. The predicted molar refractivity (Wildman–Crippen MR) is 78.6 cm³/mol. The largest absolute Gasteiger partial charge is 0.356 e. The zero-order valence-corrected chi connectivity index (χ0v) is 12.3. The number of hydrogen-bond acceptors (Lipinski definition) is 3. The molecule has 1 atom stereocenters. The van der Waals surface area contributed by atoms with Gasteiger partial charge in [0.2, 0.25) is 11.8 Å². The van der Waals surface area contributed by atoms with Crippen molar-refractivity contribution in [2.75, 3.05) is 19.6 Å². The van der Waals surface area contributed by atoms with Crippen molar-refractivity contribution in [2.24, 2.45) is 5.92 Å². The van der Waals surface area contributed by atoms with E-state index in [-0.39, 0.29) is 17.7 Å². The summed E-state index contributed by atoms with van der Waals surface area (Å²) in [5.74, 6) is 0.702. The Morgan fingerprint density at radius 2 is 2.10 bits per heavy atom. The highest BCUT2D eigenvalue weighted by atomic mass is 32.1. The van der Waals surface area contributed by atoms with Crippen LogP contribution in [-0.4, -0.2) is 36.3 Å². The van der Waals surface area contributed by atoms with E-state index in [0.29, 0.717) is 18.9 Å². The van der Waals surface area contributed by atoms with E-state index < -0.39 is 0 Å². The highest BCUT2D eigenvalue weighted by Gasteiger charge is 2.31. The van der Waals surface area contributed by atoms with Crippen LogP contribution in [0.2, 0.25) is 0 Å². The molecule has 20 heavy (non-hydrogen) atoms. The van der Waals surface area contributed by atoms with Crippen LogP contribution in [0, 0.1) is 5.92 Å². The van der Waals surface area contributed by atoms with Gasteiger partial charge in [-0.25, -0.2) is 0 Å². The second-order valence-corrected chi connectivity index (χ2v) is 6.48. The minimum Gasteiger partial charge on any atom is -0.356 e. The number of rotatable bonds is 2. The molecule has 0 spiro atoms. The lowest BCUT2D eigenvalue weighted by molar-refractivity contribution is -0.141. The summed E-state index contributed by atoms with van der Waals surface area (Å²) in [5.41, 5.74) is 1.42. The molecule has 1 aromatic rings. The molecule has 108 valence electrons. The standard InChI is InChI=1S/C15H20N2O2S/c18-14-9-12(1-5-16-14)15(19)17-6-2-11(3-7-17)13-4-8-20-10-13/h4,8,10-12H,1-3,5-7,9H2,(H,16,18). The van der Waals surface area contributed by atoms with Gasteiger partial charge in [0, 0.05) is 32.0 Å². The molecule has 0 aliphatic carbocycles. The summed E-state index contributed by atoms with van der Waals surface area (Å²) in [6, 6.07) is 2.19. The summed E-state index contributed by atoms with van der Waals surface area (Å²) in [5, 5.41) is 7.12. The van der Waals surface area contributed by atoms with Crippen molar-refractivity contribution < 1.29 is 9.59 Å². The van der Waals surface area contributed by atoms with E-state index in [9.17, 15) is 9.59 Å². The lowest BCUT2D eigenvalue weighted by Crippen LogP contribution is -2.45. The molecule has 3 heterocycles. The van der Waals surface area contributed by atoms with Gasteiger partial charge in [0.25, 0.3) is 0 Å². The highest BCUT2D eigenvalue weighted by molar-refractivity contribution is 7.07. The zero-order chi connectivity index (χ0) is 13.9. The Hall–Kier alpha value is -1.36. The molecule has 2 saturated heterocycles. The second kappa shape index (κ2) is 5.95. The van der Waals surface area contributed by atoms with Gasteiger partial charge < -0.3 is 10.2 Å².